The maximum absolute atomic E-state index is 14.0. The highest BCUT2D eigenvalue weighted by atomic mass is 35.5. The lowest BCUT2D eigenvalue weighted by atomic mass is 10.2. The molecule has 2 aromatic rings. The molecule has 0 atom stereocenters. The quantitative estimate of drug-likeness (QED) is 0.452. The molecule has 1 saturated heterocycles. The summed E-state index contributed by atoms with van der Waals surface area (Å²) in [6.07, 6.45) is 1.56. The third-order valence-electron chi connectivity index (χ3n) is 4.09. The van der Waals surface area contributed by atoms with Crippen molar-refractivity contribution < 1.29 is 28.2 Å². The molecule has 0 unspecified atom stereocenters. The number of nitrogens with zero attached hydrogens (tertiary/aromatic N) is 1. The Morgan fingerprint density at radius 2 is 1.93 bits per heavy atom. The first-order valence-electron chi connectivity index (χ1n) is 8.95. The predicted octanol–water partition coefficient (Wildman–Crippen LogP) is 4.66. The van der Waals surface area contributed by atoms with Gasteiger partial charge in [-0.1, -0.05) is 29.8 Å². The number of amides is 2. The summed E-state index contributed by atoms with van der Waals surface area (Å²) in [6.45, 7) is 1.54. The van der Waals surface area contributed by atoms with Crippen LogP contribution in [0.3, 0.4) is 0 Å². The van der Waals surface area contributed by atoms with Gasteiger partial charge in [-0.3, -0.25) is 14.5 Å². The van der Waals surface area contributed by atoms with Crippen molar-refractivity contribution in [1.82, 2.24) is 4.90 Å². The second-order valence-electron chi connectivity index (χ2n) is 6.13. The van der Waals surface area contributed by atoms with E-state index in [1.54, 1.807) is 37.3 Å². The highest BCUT2D eigenvalue weighted by molar-refractivity contribution is 8.18. The van der Waals surface area contributed by atoms with Crippen LogP contribution in [0.25, 0.3) is 6.08 Å². The Morgan fingerprint density at radius 1 is 1.20 bits per heavy atom. The second-order valence-corrected chi connectivity index (χ2v) is 7.53. The van der Waals surface area contributed by atoms with E-state index in [2.05, 4.69) is 0 Å². The van der Waals surface area contributed by atoms with E-state index in [9.17, 15) is 18.8 Å². The molecule has 30 heavy (non-hydrogen) atoms. The van der Waals surface area contributed by atoms with Crippen LogP contribution in [0.2, 0.25) is 5.02 Å². The van der Waals surface area contributed by atoms with Crippen LogP contribution in [-0.4, -0.2) is 35.2 Å². The summed E-state index contributed by atoms with van der Waals surface area (Å²) in [6, 6.07) is 10.8. The topological polar surface area (TPSA) is 72.9 Å². The molecular weight excluding hydrogens is 433 g/mol. The van der Waals surface area contributed by atoms with Gasteiger partial charge in [-0.2, -0.15) is 0 Å². The van der Waals surface area contributed by atoms with E-state index in [1.165, 1.54) is 18.2 Å². The number of ether oxygens (including phenoxy) is 2. The van der Waals surface area contributed by atoms with Gasteiger partial charge in [0.15, 0.2) is 6.61 Å². The van der Waals surface area contributed by atoms with Crippen molar-refractivity contribution in [1.29, 1.82) is 0 Å². The molecule has 6 nitrogen and oxygen atoms in total. The fourth-order valence-electron chi connectivity index (χ4n) is 2.63. The minimum absolute atomic E-state index is 0.0887. The normalized spacial score (nSPS) is 15.0. The van der Waals surface area contributed by atoms with E-state index < -0.39 is 22.9 Å². The summed E-state index contributed by atoms with van der Waals surface area (Å²) in [7, 11) is 0. The van der Waals surface area contributed by atoms with Gasteiger partial charge in [0.25, 0.3) is 11.1 Å². The van der Waals surface area contributed by atoms with Gasteiger partial charge in [-0.15, -0.1) is 0 Å². The van der Waals surface area contributed by atoms with Crippen LogP contribution in [0.15, 0.2) is 47.4 Å². The summed E-state index contributed by atoms with van der Waals surface area (Å²) >= 11 is 6.77. The number of benzene rings is 2. The number of hydrogen-bond acceptors (Lipinski definition) is 6. The van der Waals surface area contributed by atoms with Crippen LogP contribution < -0.4 is 4.74 Å². The fraction of sp³-hybridized carbons (Fsp3) is 0.190. The van der Waals surface area contributed by atoms with Crippen molar-refractivity contribution >= 4 is 46.6 Å². The summed E-state index contributed by atoms with van der Waals surface area (Å²) in [5.41, 5.74) is 0.749. The van der Waals surface area contributed by atoms with E-state index in [0.29, 0.717) is 11.3 Å². The lowest BCUT2D eigenvalue weighted by Gasteiger charge is -2.14. The van der Waals surface area contributed by atoms with Crippen molar-refractivity contribution in [3.63, 3.8) is 0 Å². The second kappa shape index (κ2) is 9.77. The molecule has 3 rings (SSSR count). The minimum atomic E-state index is -0.580. The van der Waals surface area contributed by atoms with Crippen molar-refractivity contribution in [2.24, 2.45) is 0 Å². The molecule has 0 N–H and O–H groups in total. The average molecular weight is 450 g/mol. The maximum Gasteiger partial charge on any atom is 0.344 e. The molecule has 0 aliphatic carbocycles. The van der Waals surface area contributed by atoms with Crippen LogP contribution in [0.4, 0.5) is 9.18 Å². The Bertz CT molecular complexity index is 989. The van der Waals surface area contributed by atoms with Crippen LogP contribution in [-0.2, 0) is 20.9 Å². The summed E-state index contributed by atoms with van der Waals surface area (Å²) in [5, 5.41) is -0.351. The molecular formula is C21H17ClFNO5S. The molecule has 156 valence electrons. The Hall–Kier alpha value is -2.84. The molecule has 0 aromatic heterocycles. The van der Waals surface area contributed by atoms with Crippen molar-refractivity contribution in [2.45, 2.75) is 13.5 Å². The molecule has 2 amide bonds. The molecule has 1 aliphatic heterocycles. The Labute approximate surface area is 181 Å². The molecule has 1 heterocycles. The van der Waals surface area contributed by atoms with Gasteiger partial charge < -0.3 is 9.47 Å². The molecule has 0 bridgehead atoms. The highest BCUT2D eigenvalue weighted by Gasteiger charge is 2.35. The molecule has 1 aliphatic rings. The van der Waals surface area contributed by atoms with Crippen molar-refractivity contribution in [3.8, 4) is 5.75 Å². The lowest BCUT2D eigenvalue weighted by Crippen LogP contribution is -2.28. The first-order chi connectivity index (χ1) is 14.4. The average Bonchev–Trinajstić information content (AvgIpc) is 2.97. The molecule has 0 saturated carbocycles. The van der Waals surface area contributed by atoms with Gasteiger partial charge in [0.05, 0.1) is 18.1 Å². The summed E-state index contributed by atoms with van der Waals surface area (Å²) in [5.74, 6) is -1.11. The number of halogens is 2. The smallest absolute Gasteiger partial charge is 0.344 e. The lowest BCUT2D eigenvalue weighted by molar-refractivity contribution is -0.145. The number of imide groups is 1. The van der Waals surface area contributed by atoms with E-state index in [1.807, 2.05) is 0 Å². The minimum Gasteiger partial charge on any atom is -0.482 e. The van der Waals surface area contributed by atoms with Crippen molar-refractivity contribution in [3.05, 3.63) is 69.3 Å². The third-order valence-corrected chi connectivity index (χ3v) is 5.35. The van der Waals surface area contributed by atoms with Gasteiger partial charge in [-0.25, -0.2) is 9.18 Å². The zero-order valence-electron chi connectivity index (χ0n) is 15.9. The highest BCUT2D eigenvalue weighted by Crippen LogP contribution is 2.34. The van der Waals surface area contributed by atoms with Crippen LogP contribution >= 0.6 is 23.4 Å². The standard InChI is InChI=1S/C21H17ClFNO5S/c1-2-28-19(25)12-29-14-8-6-13(7-9-14)10-18-20(26)24(21(27)30-18)11-15-16(22)4-3-5-17(15)23/h3-10H,2,11-12H2,1H3/b18-10-. The fourth-order valence-corrected chi connectivity index (χ4v) is 3.70. The number of rotatable bonds is 7. The molecule has 0 spiro atoms. The number of esters is 1. The molecule has 1 fully saturated rings. The van der Waals surface area contributed by atoms with E-state index in [4.69, 9.17) is 21.1 Å². The van der Waals surface area contributed by atoms with E-state index in [0.717, 1.165) is 16.7 Å². The van der Waals surface area contributed by atoms with Crippen LogP contribution in [0.5, 0.6) is 5.75 Å². The maximum atomic E-state index is 14.0. The first-order valence-corrected chi connectivity index (χ1v) is 10.1. The number of carbonyl (C=O) groups excluding carboxylic acids is 3. The van der Waals surface area contributed by atoms with E-state index >= 15 is 0 Å². The first kappa shape index (κ1) is 21.9. The number of thioether (sulfide) groups is 1. The Balaban J connectivity index is 1.68. The van der Waals surface area contributed by atoms with Gasteiger partial charge in [-0.05, 0) is 54.6 Å². The van der Waals surface area contributed by atoms with Gasteiger partial charge in [0.2, 0.25) is 0 Å². The van der Waals surface area contributed by atoms with Gasteiger partial charge in [0.1, 0.15) is 11.6 Å². The monoisotopic (exact) mass is 449 g/mol. The zero-order chi connectivity index (χ0) is 21.7. The molecule has 0 radical (unpaired) electrons. The van der Waals surface area contributed by atoms with E-state index in [-0.39, 0.29) is 35.2 Å². The van der Waals surface area contributed by atoms with Crippen LogP contribution in [0.1, 0.15) is 18.1 Å². The number of carbonyl (C=O) groups is 3. The molecule has 2 aromatic carbocycles. The molecule has 9 heteroatoms. The Kier molecular flexibility index (Phi) is 7.12. The Morgan fingerprint density at radius 3 is 2.60 bits per heavy atom. The number of hydrogen-bond donors (Lipinski definition) is 0. The largest absolute Gasteiger partial charge is 0.482 e. The predicted molar refractivity (Wildman–Crippen MR) is 111 cm³/mol. The van der Waals surface area contributed by atoms with Crippen LogP contribution in [0, 0.1) is 5.82 Å². The van der Waals surface area contributed by atoms with Crippen molar-refractivity contribution in [2.75, 3.05) is 13.2 Å². The summed E-state index contributed by atoms with van der Waals surface area (Å²) in [4.78, 5) is 37.4. The SMILES string of the molecule is CCOC(=O)COc1ccc(/C=C2\SC(=O)N(Cc3c(F)cccc3Cl)C2=O)cc1. The zero-order valence-corrected chi connectivity index (χ0v) is 17.5. The van der Waals surface area contributed by atoms with Gasteiger partial charge >= 0.3 is 5.97 Å². The summed E-state index contributed by atoms with van der Waals surface area (Å²) < 4.78 is 24.1. The third kappa shape index (κ3) is 5.20. The van der Waals surface area contributed by atoms with Gasteiger partial charge in [0, 0.05) is 10.6 Å².